The van der Waals surface area contributed by atoms with Crippen LogP contribution in [0.1, 0.15) is 22.5 Å². The summed E-state index contributed by atoms with van der Waals surface area (Å²) in [5, 5.41) is 15.7. The van der Waals surface area contributed by atoms with Gasteiger partial charge in [0.15, 0.2) is 22.6 Å². The van der Waals surface area contributed by atoms with Crippen LogP contribution < -0.4 is 10.6 Å². The molecule has 0 bridgehead atoms. The molecule has 2 aromatic heterocycles. The number of halogens is 6. The van der Waals surface area contributed by atoms with E-state index in [0.29, 0.717) is 39.7 Å². The van der Waals surface area contributed by atoms with Crippen molar-refractivity contribution in [3.05, 3.63) is 92.5 Å². The molecule has 13 heteroatoms. The van der Waals surface area contributed by atoms with E-state index in [1.165, 1.54) is 12.4 Å². The topological polar surface area (TPSA) is 59.7 Å². The number of anilines is 2. The van der Waals surface area contributed by atoms with Gasteiger partial charge in [0.1, 0.15) is 5.82 Å². The van der Waals surface area contributed by atoms with Gasteiger partial charge in [-0.2, -0.15) is 10.2 Å². The summed E-state index contributed by atoms with van der Waals surface area (Å²) in [5.41, 5.74) is 2.91. The zero-order valence-electron chi connectivity index (χ0n) is 18.8. The highest BCUT2D eigenvalue weighted by molar-refractivity contribution is 7.80. The number of nitrogens with one attached hydrogen (secondary N) is 2. The van der Waals surface area contributed by atoms with Crippen molar-refractivity contribution in [3.8, 4) is 0 Å². The SMILES string of the molecule is Cc1nn(Cc2ccc(Cl)c(Cl)c2)c(C)c1NC(=S)Nc1cnn(Cc2c(F)cc(F)c(F)c2F)c1. The molecule has 188 valence electrons. The number of hydrogen-bond acceptors (Lipinski definition) is 3. The molecule has 0 aliphatic carbocycles. The number of rotatable bonds is 6. The number of hydrogen-bond donors (Lipinski definition) is 2. The fraction of sp³-hybridized carbons (Fsp3) is 0.174. The van der Waals surface area contributed by atoms with E-state index in [0.717, 1.165) is 15.9 Å². The Morgan fingerprint density at radius 2 is 1.72 bits per heavy atom. The first kappa shape index (κ1) is 25.9. The summed E-state index contributed by atoms with van der Waals surface area (Å²) >= 11 is 17.5. The van der Waals surface area contributed by atoms with Crippen LogP contribution in [0.25, 0.3) is 0 Å². The molecule has 0 aliphatic rings. The molecule has 2 heterocycles. The fourth-order valence-electron chi connectivity index (χ4n) is 3.54. The van der Waals surface area contributed by atoms with Crippen LogP contribution >= 0.6 is 35.4 Å². The Hall–Kier alpha value is -3.15. The van der Waals surface area contributed by atoms with Gasteiger partial charge < -0.3 is 10.6 Å². The molecule has 4 rings (SSSR count). The standard InChI is InChI=1S/C23H18Cl2F4N6S/c1-11-22(12(2)35(33-11)8-13-3-4-16(24)17(25)5-13)32-23(36)31-14-7-30-34(9-14)10-15-18(26)6-19(27)21(29)20(15)28/h3-7,9H,8,10H2,1-2H3,(H2,31,32,36). The second-order valence-electron chi connectivity index (χ2n) is 7.90. The van der Waals surface area contributed by atoms with E-state index in [2.05, 4.69) is 20.8 Å². The zero-order chi connectivity index (χ0) is 26.1. The Morgan fingerprint density at radius 3 is 2.44 bits per heavy atom. The zero-order valence-corrected chi connectivity index (χ0v) is 21.2. The van der Waals surface area contributed by atoms with Crippen molar-refractivity contribution in [1.82, 2.24) is 19.6 Å². The predicted molar refractivity (Wildman–Crippen MR) is 135 cm³/mol. The summed E-state index contributed by atoms with van der Waals surface area (Å²) < 4.78 is 57.5. The minimum atomic E-state index is -1.74. The Morgan fingerprint density at radius 1 is 0.972 bits per heavy atom. The monoisotopic (exact) mass is 556 g/mol. The minimum absolute atomic E-state index is 0.222. The first-order valence-electron chi connectivity index (χ1n) is 10.4. The van der Waals surface area contributed by atoms with Gasteiger partial charge in [0.25, 0.3) is 0 Å². The second kappa shape index (κ2) is 10.5. The average Bonchev–Trinajstić information content (AvgIpc) is 3.36. The lowest BCUT2D eigenvalue weighted by molar-refractivity contribution is 0.420. The molecule has 0 saturated carbocycles. The second-order valence-corrected chi connectivity index (χ2v) is 9.13. The number of benzene rings is 2. The van der Waals surface area contributed by atoms with Crippen molar-refractivity contribution in [2.75, 3.05) is 10.6 Å². The Balaban J connectivity index is 1.43. The molecule has 4 aromatic rings. The Labute approximate surface area is 218 Å². The van der Waals surface area contributed by atoms with Crippen LogP contribution in [0.5, 0.6) is 0 Å². The molecule has 2 aromatic carbocycles. The van der Waals surface area contributed by atoms with Crippen LogP contribution in [0.4, 0.5) is 28.9 Å². The van der Waals surface area contributed by atoms with Gasteiger partial charge in [-0.1, -0.05) is 29.3 Å². The highest BCUT2D eigenvalue weighted by Crippen LogP contribution is 2.25. The molecule has 6 nitrogen and oxygen atoms in total. The van der Waals surface area contributed by atoms with Crippen molar-refractivity contribution in [2.45, 2.75) is 26.9 Å². The third kappa shape index (κ3) is 5.48. The summed E-state index contributed by atoms with van der Waals surface area (Å²) in [5.74, 6) is -6.15. The maximum Gasteiger partial charge on any atom is 0.194 e. The van der Waals surface area contributed by atoms with E-state index >= 15 is 0 Å². The van der Waals surface area contributed by atoms with Crippen molar-refractivity contribution >= 4 is 51.9 Å². The van der Waals surface area contributed by atoms with Crippen LogP contribution in [-0.4, -0.2) is 24.7 Å². The van der Waals surface area contributed by atoms with Crippen LogP contribution in [0, 0.1) is 37.1 Å². The van der Waals surface area contributed by atoms with E-state index in [1.807, 2.05) is 19.9 Å². The van der Waals surface area contributed by atoms with Crippen LogP contribution in [0.2, 0.25) is 10.0 Å². The van der Waals surface area contributed by atoms with E-state index in [4.69, 9.17) is 35.4 Å². The minimum Gasteiger partial charge on any atom is -0.330 e. The molecule has 0 atom stereocenters. The summed E-state index contributed by atoms with van der Waals surface area (Å²) in [6.45, 7) is 3.73. The van der Waals surface area contributed by atoms with Crippen molar-refractivity contribution in [2.24, 2.45) is 0 Å². The summed E-state index contributed by atoms with van der Waals surface area (Å²) in [7, 11) is 0. The molecule has 0 amide bonds. The van der Waals surface area contributed by atoms with E-state index in [1.54, 1.807) is 16.8 Å². The average molecular weight is 557 g/mol. The van der Waals surface area contributed by atoms with E-state index < -0.39 is 35.4 Å². The largest absolute Gasteiger partial charge is 0.330 e. The molecule has 36 heavy (non-hydrogen) atoms. The maximum atomic E-state index is 14.0. The maximum absolute atomic E-state index is 14.0. The van der Waals surface area contributed by atoms with E-state index in [9.17, 15) is 17.6 Å². The molecule has 0 spiro atoms. The molecule has 0 aliphatic heterocycles. The number of nitrogens with zero attached hydrogens (tertiary/aromatic N) is 4. The van der Waals surface area contributed by atoms with Gasteiger partial charge in [0.05, 0.1) is 52.1 Å². The van der Waals surface area contributed by atoms with Crippen molar-refractivity contribution in [1.29, 1.82) is 0 Å². The first-order chi connectivity index (χ1) is 17.0. The van der Waals surface area contributed by atoms with Crippen molar-refractivity contribution in [3.63, 3.8) is 0 Å². The molecule has 0 unspecified atom stereocenters. The number of thiocarbonyl (C=S) groups is 1. The lowest BCUT2D eigenvalue weighted by atomic mass is 10.2. The quantitative estimate of drug-likeness (QED) is 0.123. The molecule has 0 fully saturated rings. The highest BCUT2D eigenvalue weighted by atomic mass is 35.5. The smallest absolute Gasteiger partial charge is 0.194 e. The molecule has 2 N–H and O–H groups in total. The molecule has 0 radical (unpaired) electrons. The van der Waals surface area contributed by atoms with Gasteiger partial charge in [-0.05, 0) is 43.8 Å². The normalized spacial score (nSPS) is 11.1. The Bertz CT molecular complexity index is 1470. The molecular weight excluding hydrogens is 539 g/mol. The summed E-state index contributed by atoms with van der Waals surface area (Å²) in [4.78, 5) is 0. The lowest BCUT2D eigenvalue weighted by Crippen LogP contribution is -2.19. The predicted octanol–water partition coefficient (Wildman–Crippen LogP) is 6.47. The Kier molecular flexibility index (Phi) is 7.53. The van der Waals surface area contributed by atoms with Gasteiger partial charge in [0, 0.05) is 17.8 Å². The molecular formula is C23H18Cl2F4N6S. The number of aromatic nitrogens is 4. The summed E-state index contributed by atoms with van der Waals surface area (Å²) in [6.07, 6.45) is 2.79. The third-order valence-electron chi connectivity index (χ3n) is 5.36. The third-order valence-corrected chi connectivity index (χ3v) is 6.30. The van der Waals surface area contributed by atoms with Gasteiger partial charge in [0.2, 0.25) is 0 Å². The fourth-order valence-corrected chi connectivity index (χ4v) is 4.08. The van der Waals surface area contributed by atoms with Crippen LogP contribution in [0.3, 0.4) is 0 Å². The van der Waals surface area contributed by atoms with Crippen molar-refractivity contribution < 1.29 is 17.6 Å². The molecule has 0 saturated heterocycles. The highest BCUT2D eigenvalue weighted by Gasteiger charge is 2.20. The number of aryl methyl sites for hydroxylation is 1. The van der Waals surface area contributed by atoms with Gasteiger partial charge >= 0.3 is 0 Å². The summed E-state index contributed by atoms with van der Waals surface area (Å²) in [6, 6.07) is 5.65. The van der Waals surface area contributed by atoms with Gasteiger partial charge in [-0.3, -0.25) is 9.36 Å². The lowest BCUT2D eigenvalue weighted by Gasteiger charge is -2.10. The van der Waals surface area contributed by atoms with Crippen LogP contribution in [0.15, 0.2) is 36.7 Å². The van der Waals surface area contributed by atoms with Crippen LogP contribution in [-0.2, 0) is 13.1 Å². The van der Waals surface area contributed by atoms with Gasteiger partial charge in [-0.15, -0.1) is 0 Å². The van der Waals surface area contributed by atoms with E-state index in [-0.39, 0.29) is 5.11 Å². The first-order valence-corrected chi connectivity index (χ1v) is 11.6. The van der Waals surface area contributed by atoms with Gasteiger partial charge in [-0.25, -0.2) is 17.6 Å².